The highest BCUT2D eigenvalue weighted by Crippen LogP contribution is 2.23. The molecular formula is C21H29N3O2. The topological polar surface area (TPSA) is 49.6 Å². The molecule has 1 amide bonds. The lowest BCUT2D eigenvalue weighted by molar-refractivity contribution is 0.0760. The molecule has 1 saturated heterocycles. The summed E-state index contributed by atoms with van der Waals surface area (Å²) >= 11 is 0. The number of hydrogen-bond acceptors (Lipinski definition) is 4. The van der Waals surface area contributed by atoms with E-state index in [-0.39, 0.29) is 11.3 Å². The smallest absolute Gasteiger partial charge is 0.254 e. The van der Waals surface area contributed by atoms with Crippen LogP contribution >= 0.6 is 0 Å². The van der Waals surface area contributed by atoms with Crippen molar-refractivity contribution in [1.82, 2.24) is 14.8 Å². The maximum Gasteiger partial charge on any atom is 0.254 e. The number of rotatable bonds is 3. The molecule has 0 unspecified atom stereocenters. The number of carbonyl (C=O) groups is 1. The Kier molecular flexibility index (Phi) is 5.47. The molecule has 1 fully saturated rings. The van der Waals surface area contributed by atoms with Crippen LogP contribution in [0, 0.1) is 6.92 Å². The van der Waals surface area contributed by atoms with Gasteiger partial charge in [0.2, 0.25) is 5.89 Å². The lowest BCUT2D eigenvalue weighted by Gasteiger charge is -2.22. The van der Waals surface area contributed by atoms with Gasteiger partial charge in [0, 0.05) is 37.2 Å². The first-order valence-corrected chi connectivity index (χ1v) is 9.37. The second-order valence-electron chi connectivity index (χ2n) is 8.11. The first-order valence-electron chi connectivity index (χ1n) is 9.37. The third kappa shape index (κ3) is 4.33. The Labute approximate surface area is 156 Å². The maximum absolute atomic E-state index is 12.8. The van der Waals surface area contributed by atoms with Crippen molar-refractivity contribution in [3.8, 4) is 0 Å². The summed E-state index contributed by atoms with van der Waals surface area (Å²) in [5, 5.41) is 0. The number of amides is 1. The average molecular weight is 355 g/mol. The summed E-state index contributed by atoms with van der Waals surface area (Å²) in [6.45, 7) is 12.4. The minimum absolute atomic E-state index is 0.0270. The molecule has 0 aliphatic carbocycles. The summed E-state index contributed by atoms with van der Waals surface area (Å²) in [6, 6.07) is 7.81. The van der Waals surface area contributed by atoms with Crippen LogP contribution in [0.25, 0.3) is 0 Å². The quantitative estimate of drug-likeness (QED) is 0.844. The zero-order chi connectivity index (χ0) is 18.7. The molecule has 0 bridgehead atoms. The second kappa shape index (κ2) is 7.62. The van der Waals surface area contributed by atoms with E-state index in [2.05, 4.69) is 30.7 Å². The van der Waals surface area contributed by atoms with Crippen LogP contribution in [-0.4, -0.2) is 46.9 Å². The largest absolute Gasteiger partial charge is 0.444 e. The Hall–Kier alpha value is -2.14. The van der Waals surface area contributed by atoms with Crippen LogP contribution in [0.3, 0.4) is 0 Å². The number of nitrogens with zero attached hydrogens (tertiary/aromatic N) is 3. The van der Waals surface area contributed by atoms with Gasteiger partial charge in [-0.25, -0.2) is 4.98 Å². The van der Waals surface area contributed by atoms with E-state index in [9.17, 15) is 4.79 Å². The molecule has 1 aromatic carbocycles. The molecule has 1 aliphatic heterocycles. The first-order chi connectivity index (χ1) is 12.3. The Balaban J connectivity index is 1.61. The number of carbonyl (C=O) groups excluding carboxylic acids is 1. The fourth-order valence-corrected chi connectivity index (χ4v) is 3.24. The lowest BCUT2D eigenvalue weighted by atomic mass is 9.94. The van der Waals surface area contributed by atoms with Crippen molar-refractivity contribution in [2.45, 2.75) is 46.1 Å². The van der Waals surface area contributed by atoms with Crippen molar-refractivity contribution in [2.24, 2.45) is 0 Å². The van der Waals surface area contributed by atoms with Gasteiger partial charge >= 0.3 is 0 Å². The van der Waals surface area contributed by atoms with Crippen LogP contribution in [-0.2, 0) is 12.0 Å². The molecule has 0 spiro atoms. The predicted octanol–water partition coefficient (Wildman–Crippen LogP) is 3.63. The summed E-state index contributed by atoms with van der Waals surface area (Å²) in [5.74, 6) is 1.81. The molecule has 1 aliphatic rings. The Bertz CT molecular complexity index is 761. The number of benzene rings is 1. The Morgan fingerprint density at radius 2 is 1.92 bits per heavy atom. The molecule has 0 saturated carbocycles. The van der Waals surface area contributed by atoms with Gasteiger partial charge in [0.25, 0.3) is 5.91 Å². The van der Waals surface area contributed by atoms with Crippen molar-refractivity contribution >= 4 is 5.91 Å². The lowest BCUT2D eigenvalue weighted by Crippen LogP contribution is -2.35. The van der Waals surface area contributed by atoms with E-state index >= 15 is 0 Å². The molecule has 0 N–H and O–H groups in total. The second-order valence-corrected chi connectivity index (χ2v) is 8.11. The SMILES string of the molecule is Cc1ccccc1C(=O)N1CCCN(Cc2ncc(C(C)(C)C)o2)CC1. The number of aromatic nitrogens is 1. The molecular weight excluding hydrogens is 326 g/mol. The van der Waals surface area contributed by atoms with E-state index in [4.69, 9.17) is 4.42 Å². The number of aryl methyl sites for hydroxylation is 1. The predicted molar refractivity (Wildman–Crippen MR) is 102 cm³/mol. The minimum Gasteiger partial charge on any atom is -0.444 e. The third-order valence-electron chi connectivity index (χ3n) is 4.90. The maximum atomic E-state index is 12.8. The molecule has 140 valence electrons. The average Bonchev–Trinajstić information content (AvgIpc) is 2.94. The van der Waals surface area contributed by atoms with Crippen molar-refractivity contribution < 1.29 is 9.21 Å². The van der Waals surface area contributed by atoms with Gasteiger partial charge < -0.3 is 9.32 Å². The van der Waals surface area contributed by atoms with Crippen LogP contribution in [0.4, 0.5) is 0 Å². The molecule has 5 heteroatoms. The molecule has 5 nitrogen and oxygen atoms in total. The Morgan fingerprint density at radius 3 is 2.62 bits per heavy atom. The highest BCUT2D eigenvalue weighted by molar-refractivity contribution is 5.95. The van der Waals surface area contributed by atoms with Crippen molar-refractivity contribution in [3.63, 3.8) is 0 Å². The zero-order valence-corrected chi connectivity index (χ0v) is 16.3. The zero-order valence-electron chi connectivity index (χ0n) is 16.3. The van der Waals surface area contributed by atoms with Gasteiger partial charge in [-0.1, -0.05) is 39.0 Å². The standard InChI is InChI=1S/C21H29N3O2/c1-16-8-5-6-9-17(16)20(25)24-11-7-10-23(12-13-24)15-19-22-14-18(26-19)21(2,3)4/h5-6,8-9,14H,7,10-13,15H2,1-4H3. The molecule has 2 heterocycles. The van der Waals surface area contributed by atoms with E-state index < -0.39 is 0 Å². The van der Waals surface area contributed by atoms with Crippen molar-refractivity contribution in [1.29, 1.82) is 0 Å². The Morgan fingerprint density at radius 1 is 1.15 bits per heavy atom. The van der Waals surface area contributed by atoms with Crippen molar-refractivity contribution in [3.05, 3.63) is 53.2 Å². The highest BCUT2D eigenvalue weighted by Gasteiger charge is 2.23. The van der Waals surface area contributed by atoms with Crippen LogP contribution in [0.1, 0.15) is 54.8 Å². The fourth-order valence-electron chi connectivity index (χ4n) is 3.24. The minimum atomic E-state index is -0.0270. The molecule has 2 aromatic rings. The third-order valence-corrected chi connectivity index (χ3v) is 4.90. The van der Waals surface area contributed by atoms with Crippen LogP contribution in [0.2, 0.25) is 0 Å². The van der Waals surface area contributed by atoms with Gasteiger partial charge in [-0.05, 0) is 25.0 Å². The summed E-state index contributed by atoms with van der Waals surface area (Å²) in [7, 11) is 0. The van der Waals surface area contributed by atoms with Gasteiger partial charge in [-0.2, -0.15) is 0 Å². The van der Waals surface area contributed by atoms with E-state index in [1.54, 1.807) is 0 Å². The summed E-state index contributed by atoms with van der Waals surface area (Å²) in [5.41, 5.74) is 1.82. The van der Waals surface area contributed by atoms with E-state index in [1.165, 1.54) is 0 Å². The number of hydrogen-bond donors (Lipinski definition) is 0. The van der Waals surface area contributed by atoms with Gasteiger partial charge in [-0.3, -0.25) is 9.69 Å². The van der Waals surface area contributed by atoms with Gasteiger partial charge in [0.15, 0.2) is 0 Å². The summed E-state index contributed by atoms with van der Waals surface area (Å²) < 4.78 is 5.92. The van der Waals surface area contributed by atoms with Crippen molar-refractivity contribution in [2.75, 3.05) is 26.2 Å². The monoisotopic (exact) mass is 355 g/mol. The van der Waals surface area contributed by atoms with E-state index in [1.807, 2.05) is 42.3 Å². The summed E-state index contributed by atoms with van der Waals surface area (Å²) in [4.78, 5) is 21.6. The number of oxazole rings is 1. The van der Waals surface area contributed by atoms with Crippen LogP contribution < -0.4 is 0 Å². The molecule has 0 radical (unpaired) electrons. The molecule has 0 atom stereocenters. The van der Waals surface area contributed by atoms with Gasteiger partial charge in [-0.15, -0.1) is 0 Å². The normalized spacial score (nSPS) is 16.5. The fraction of sp³-hybridized carbons (Fsp3) is 0.524. The highest BCUT2D eigenvalue weighted by atomic mass is 16.4. The van der Waals surface area contributed by atoms with Crippen LogP contribution in [0.15, 0.2) is 34.9 Å². The van der Waals surface area contributed by atoms with E-state index in [0.29, 0.717) is 6.54 Å². The first kappa shape index (κ1) is 18.6. The van der Waals surface area contributed by atoms with Gasteiger partial charge in [0.05, 0.1) is 12.7 Å². The molecule has 26 heavy (non-hydrogen) atoms. The molecule has 3 rings (SSSR count). The van der Waals surface area contributed by atoms with Crippen LogP contribution in [0.5, 0.6) is 0 Å². The van der Waals surface area contributed by atoms with E-state index in [0.717, 1.165) is 55.4 Å². The van der Waals surface area contributed by atoms with Gasteiger partial charge in [0.1, 0.15) is 5.76 Å². The molecule has 1 aromatic heterocycles. The summed E-state index contributed by atoms with van der Waals surface area (Å²) in [6.07, 6.45) is 2.80.